The lowest BCUT2D eigenvalue weighted by atomic mass is 10.0. The van der Waals surface area contributed by atoms with Crippen LogP contribution in [0, 0.1) is 6.92 Å². The number of hydrogen-bond acceptors (Lipinski definition) is 5. The predicted molar refractivity (Wildman–Crippen MR) is 112 cm³/mol. The van der Waals surface area contributed by atoms with Crippen molar-refractivity contribution in [2.24, 2.45) is 0 Å². The maximum Gasteiger partial charge on any atom is 0.130 e. The summed E-state index contributed by atoms with van der Waals surface area (Å²) in [5, 5.41) is 14.3. The number of aliphatic hydroxyl groups excluding tert-OH is 1. The van der Waals surface area contributed by atoms with E-state index in [9.17, 15) is 5.11 Å². The zero-order chi connectivity index (χ0) is 19.0. The van der Waals surface area contributed by atoms with Crippen molar-refractivity contribution in [1.82, 2.24) is 10.3 Å². The van der Waals surface area contributed by atoms with Crippen LogP contribution in [0.15, 0.2) is 30.5 Å². The van der Waals surface area contributed by atoms with Crippen LogP contribution in [0.1, 0.15) is 36.3 Å². The molecule has 1 aliphatic rings. The second kappa shape index (κ2) is 7.76. The molecule has 1 aliphatic heterocycles. The van der Waals surface area contributed by atoms with Crippen LogP contribution in [0.2, 0.25) is 5.02 Å². The third-order valence-electron chi connectivity index (χ3n) is 4.98. The lowest BCUT2D eigenvalue weighted by Gasteiger charge is -2.19. The monoisotopic (exact) mass is 402 g/mol. The lowest BCUT2D eigenvalue weighted by molar-refractivity contribution is 0.177. The summed E-state index contributed by atoms with van der Waals surface area (Å²) in [6.45, 7) is 5.85. The molecular weight excluding hydrogens is 380 g/mol. The van der Waals surface area contributed by atoms with Crippen LogP contribution < -0.4 is 10.1 Å². The van der Waals surface area contributed by atoms with Crippen molar-refractivity contribution < 1.29 is 9.84 Å². The number of nitrogens with zero attached hydrogens (tertiary/aromatic N) is 1. The van der Waals surface area contributed by atoms with Gasteiger partial charge in [-0.05, 0) is 56.1 Å². The number of halogens is 1. The third kappa shape index (κ3) is 3.69. The minimum atomic E-state index is -0.460. The summed E-state index contributed by atoms with van der Waals surface area (Å²) in [6.07, 6.45) is 3.20. The predicted octanol–water partition coefficient (Wildman–Crippen LogP) is 5.11. The van der Waals surface area contributed by atoms with Crippen LogP contribution in [0.5, 0.6) is 5.75 Å². The molecule has 4 rings (SSSR count). The molecule has 2 aromatic heterocycles. The number of hydrogen-bond donors (Lipinski definition) is 2. The number of fused-ring (bicyclic) bond motifs is 1. The Morgan fingerprint density at radius 2 is 2.22 bits per heavy atom. The van der Waals surface area contributed by atoms with E-state index in [1.165, 1.54) is 0 Å². The van der Waals surface area contributed by atoms with E-state index in [4.69, 9.17) is 16.3 Å². The average Bonchev–Trinajstić information content (AvgIpc) is 3.32. The molecular formula is C21H23ClN2O2S. The van der Waals surface area contributed by atoms with Crippen LogP contribution in [-0.4, -0.2) is 29.3 Å². The summed E-state index contributed by atoms with van der Waals surface area (Å²) >= 11 is 7.99. The molecule has 2 atom stereocenters. The van der Waals surface area contributed by atoms with Gasteiger partial charge in [0.15, 0.2) is 0 Å². The van der Waals surface area contributed by atoms with E-state index in [1.54, 1.807) is 11.3 Å². The molecule has 4 nitrogen and oxygen atoms in total. The molecule has 6 heteroatoms. The van der Waals surface area contributed by atoms with Gasteiger partial charge in [0.25, 0.3) is 0 Å². The van der Waals surface area contributed by atoms with E-state index < -0.39 is 6.10 Å². The van der Waals surface area contributed by atoms with Crippen molar-refractivity contribution in [3.05, 3.63) is 45.9 Å². The number of rotatable bonds is 5. The second-order valence-electron chi connectivity index (χ2n) is 6.98. The topological polar surface area (TPSA) is 54.4 Å². The fourth-order valence-electron chi connectivity index (χ4n) is 3.52. The Kier molecular flexibility index (Phi) is 5.37. The Labute approximate surface area is 168 Å². The van der Waals surface area contributed by atoms with Crippen LogP contribution in [0.4, 0.5) is 0 Å². The maximum absolute atomic E-state index is 10.3. The van der Waals surface area contributed by atoms with Crippen LogP contribution >= 0.6 is 22.9 Å². The number of nitrogens with one attached hydrogen (secondary N) is 1. The second-order valence-corrected chi connectivity index (χ2v) is 8.50. The van der Waals surface area contributed by atoms with E-state index in [2.05, 4.69) is 10.3 Å². The van der Waals surface area contributed by atoms with Gasteiger partial charge in [-0.15, -0.1) is 11.3 Å². The maximum atomic E-state index is 10.3. The van der Waals surface area contributed by atoms with E-state index >= 15 is 0 Å². The standard InChI is InChI=1S/C21H23ClN2O2S/c1-3-18(25)19-10-17-21(27-19)15(5-7-24-17)16-9-13(22)8-12(2)20(16)26-14-4-6-23-11-14/h5,7-10,14,18,23,25H,3-4,6,11H2,1-2H3/t14-,18?/m1/s1. The van der Waals surface area contributed by atoms with Crippen molar-refractivity contribution in [2.75, 3.05) is 13.1 Å². The summed E-state index contributed by atoms with van der Waals surface area (Å²) in [7, 11) is 0. The van der Waals surface area contributed by atoms with Gasteiger partial charge in [-0.3, -0.25) is 4.98 Å². The molecule has 0 radical (unpaired) electrons. The van der Waals surface area contributed by atoms with E-state index in [1.807, 2.05) is 44.3 Å². The number of aliphatic hydroxyl groups is 1. The highest BCUT2D eigenvalue weighted by Gasteiger charge is 2.22. The van der Waals surface area contributed by atoms with Gasteiger partial charge in [-0.1, -0.05) is 18.5 Å². The van der Waals surface area contributed by atoms with Crippen LogP contribution in [-0.2, 0) is 0 Å². The highest BCUT2D eigenvalue weighted by Crippen LogP contribution is 2.42. The van der Waals surface area contributed by atoms with Crippen molar-refractivity contribution in [1.29, 1.82) is 0 Å². The fraction of sp³-hybridized carbons (Fsp3) is 0.381. The zero-order valence-corrected chi connectivity index (χ0v) is 17.0. The van der Waals surface area contributed by atoms with E-state index in [0.29, 0.717) is 11.4 Å². The number of benzene rings is 1. The van der Waals surface area contributed by atoms with Gasteiger partial charge in [-0.25, -0.2) is 0 Å². The van der Waals surface area contributed by atoms with Gasteiger partial charge in [0.2, 0.25) is 0 Å². The first-order valence-corrected chi connectivity index (χ1v) is 10.5. The number of aromatic nitrogens is 1. The lowest BCUT2D eigenvalue weighted by Crippen LogP contribution is -2.20. The summed E-state index contributed by atoms with van der Waals surface area (Å²) in [5.74, 6) is 0.881. The quantitative estimate of drug-likeness (QED) is 0.622. The van der Waals surface area contributed by atoms with Gasteiger partial charge in [0.05, 0.1) is 16.3 Å². The Morgan fingerprint density at radius 3 is 2.96 bits per heavy atom. The zero-order valence-electron chi connectivity index (χ0n) is 15.5. The molecule has 0 aliphatic carbocycles. The molecule has 1 aromatic carbocycles. The highest BCUT2D eigenvalue weighted by atomic mass is 35.5. The summed E-state index contributed by atoms with van der Waals surface area (Å²) in [6, 6.07) is 7.90. The van der Waals surface area contributed by atoms with Gasteiger partial charge < -0.3 is 15.2 Å². The largest absolute Gasteiger partial charge is 0.488 e. The van der Waals surface area contributed by atoms with E-state index in [-0.39, 0.29) is 6.10 Å². The molecule has 1 saturated heterocycles. The molecule has 1 unspecified atom stereocenters. The molecule has 3 aromatic rings. The van der Waals surface area contributed by atoms with Crippen LogP contribution in [0.25, 0.3) is 21.3 Å². The highest BCUT2D eigenvalue weighted by molar-refractivity contribution is 7.19. The molecule has 0 saturated carbocycles. The number of aryl methyl sites for hydroxylation is 1. The molecule has 27 heavy (non-hydrogen) atoms. The van der Waals surface area contributed by atoms with Gasteiger partial charge in [-0.2, -0.15) is 0 Å². The van der Waals surface area contributed by atoms with Crippen molar-refractivity contribution in [3.63, 3.8) is 0 Å². The van der Waals surface area contributed by atoms with Crippen molar-refractivity contribution in [2.45, 2.75) is 38.9 Å². The number of thiophene rings is 1. The van der Waals surface area contributed by atoms with Gasteiger partial charge in [0.1, 0.15) is 11.9 Å². The minimum Gasteiger partial charge on any atom is -0.488 e. The third-order valence-corrected chi connectivity index (χ3v) is 6.45. The molecule has 1 fully saturated rings. The molecule has 0 amide bonds. The smallest absolute Gasteiger partial charge is 0.130 e. The van der Waals surface area contributed by atoms with Crippen molar-refractivity contribution >= 4 is 33.2 Å². The summed E-state index contributed by atoms with van der Waals surface area (Å²) < 4.78 is 7.44. The first-order chi connectivity index (χ1) is 13.1. The van der Waals surface area contributed by atoms with E-state index in [0.717, 1.165) is 57.0 Å². The number of pyridine rings is 1. The van der Waals surface area contributed by atoms with Gasteiger partial charge >= 0.3 is 0 Å². The molecule has 3 heterocycles. The number of ether oxygens (including phenoxy) is 1. The molecule has 0 spiro atoms. The molecule has 0 bridgehead atoms. The SMILES string of the molecule is CCC(O)c1cc2nccc(-c3cc(Cl)cc(C)c3O[C@@H]3CCNC3)c2s1. The normalized spacial score (nSPS) is 18.1. The molecule has 2 N–H and O–H groups in total. The Bertz CT molecular complexity index is 966. The fourth-order valence-corrected chi connectivity index (χ4v) is 5.00. The summed E-state index contributed by atoms with van der Waals surface area (Å²) in [5.41, 5.74) is 3.95. The van der Waals surface area contributed by atoms with Gasteiger partial charge in [0, 0.05) is 33.8 Å². The molecule has 142 valence electrons. The first kappa shape index (κ1) is 18.7. The Morgan fingerprint density at radius 1 is 1.37 bits per heavy atom. The first-order valence-electron chi connectivity index (χ1n) is 9.31. The minimum absolute atomic E-state index is 0.168. The Hall–Kier alpha value is -1.66. The van der Waals surface area contributed by atoms with Crippen LogP contribution in [0.3, 0.4) is 0 Å². The van der Waals surface area contributed by atoms with Crippen molar-refractivity contribution in [3.8, 4) is 16.9 Å². The average molecular weight is 403 g/mol. The Balaban J connectivity index is 1.86. The summed E-state index contributed by atoms with van der Waals surface area (Å²) in [4.78, 5) is 5.44.